The summed E-state index contributed by atoms with van der Waals surface area (Å²) in [5.74, 6) is -0.114. The summed E-state index contributed by atoms with van der Waals surface area (Å²) < 4.78 is 1.50. The lowest BCUT2D eigenvalue weighted by Gasteiger charge is -2.21. The summed E-state index contributed by atoms with van der Waals surface area (Å²) in [6.45, 7) is 6.58. The number of carbonyl (C=O) groups excluding carboxylic acids is 1. The molecule has 0 aliphatic rings. The molecule has 5 nitrogen and oxygen atoms in total. The van der Waals surface area contributed by atoms with Crippen molar-refractivity contribution in [2.75, 3.05) is 11.4 Å². The molecule has 0 saturated carbocycles. The molecule has 0 aliphatic heterocycles. The van der Waals surface area contributed by atoms with Crippen LogP contribution >= 0.6 is 11.3 Å². The van der Waals surface area contributed by atoms with Crippen LogP contribution in [0.15, 0.2) is 53.5 Å². The zero-order valence-electron chi connectivity index (χ0n) is 15.4. The van der Waals surface area contributed by atoms with Crippen LogP contribution in [0.3, 0.4) is 0 Å². The smallest absolute Gasteiger partial charge is 0.268 e. The molecule has 0 N–H and O–H groups in total. The van der Waals surface area contributed by atoms with E-state index in [-0.39, 0.29) is 11.5 Å². The largest absolute Gasteiger partial charge is 0.308 e. The number of rotatable bonds is 3. The van der Waals surface area contributed by atoms with Crippen LogP contribution in [0.1, 0.15) is 27.7 Å². The van der Waals surface area contributed by atoms with Gasteiger partial charge in [-0.1, -0.05) is 12.1 Å². The molecule has 3 aromatic heterocycles. The van der Waals surface area contributed by atoms with Crippen molar-refractivity contribution in [3.63, 3.8) is 0 Å². The predicted molar refractivity (Wildman–Crippen MR) is 110 cm³/mol. The molecule has 0 fully saturated rings. The molecule has 6 heteroatoms. The van der Waals surface area contributed by atoms with E-state index in [1.165, 1.54) is 21.3 Å². The molecule has 0 atom stereocenters. The minimum absolute atomic E-state index is 0.114. The Kier molecular flexibility index (Phi) is 4.28. The van der Waals surface area contributed by atoms with E-state index >= 15 is 0 Å². The Morgan fingerprint density at radius 2 is 1.96 bits per heavy atom. The van der Waals surface area contributed by atoms with Gasteiger partial charge < -0.3 is 4.90 Å². The number of thiophene rings is 1. The second kappa shape index (κ2) is 6.63. The fourth-order valence-electron chi connectivity index (χ4n) is 3.12. The van der Waals surface area contributed by atoms with E-state index in [2.05, 4.69) is 4.98 Å². The van der Waals surface area contributed by atoms with Gasteiger partial charge in [-0.2, -0.15) is 0 Å². The van der Waals surface area contributed by atoms with E-state index in [0.717, 1.165) is 11.3 Å². The van der Waals surface area contributed by atoms with Crippen molar-refractivity contribution in [2.24, 2.45) is 0 Å². The molecule has 0 spiro atoms. The molecule has 136 valence electrons. The van der Waals surface area contributed by atoms with Crippen molar-refractivity contribution in [1.82, 2.24) is 9.38 Å². The lowest BCUT2D eigenvalue weighted by atomic mass is 10.1. The molecule has 3 heterocycles. The number of hydrogen-bond donors (Lipinski definition) is 0. The highest BCUT2D eigenvalue weighted by Crippen LogP contribution is 2.26. The average Bonchev–Trinajstić information content (AvgIpc) is 3.10. The maximum absolute atomic E-state index is 13.1. The van der Waals surface area contributed by atoms with Gasteiger partial charge in [0.2, 0.25) is 0 Å². The summed E-state index contributed by atoms with van der Waals surface area (Å²) in [6, 6.07) is 13.1. The number of amides is 1. The molecule has 0 bridgehead atoms. The number of aromatic nitrogens is 2. The average molecular weight is 377 g/mol. The SMILES string of the molecule is CCN(C(=O)c1cc2c(=O)n3ccccc3nc2s1)c1ccc(C)c(C)c1. The number of carbonyl (C=O) groups is 1. The van der Waals surface area contributed by atoms with Crippen molar-refractivity contribution >= 4 is 38.8 Å². The molecule has 0 aliphatic carbocycles. The van der Waals surface area contributed by atoms with Gasteiger partial charge in [-0.15, -0.1) is 11.3 Å². The summed E-state index contributed by atoms with van der Waals surface area (Å²) in [4.78, 5) is 33.2. The molecule has 0 radical (unpaired) electrons. The first-order valence-electron chi connectivity index (χ1n) is 8.79. The number of benzene rings is 1. The fraction of sp³-hybridized carbons (Fsp3) is 0.190. The summed E-state index contributed by atoms with van der Waals surface area (Å²) in [6.07, 6.45) is 1.69. The van der Waals surface area contributed by atoms with Crippen molar-refractivity contribution < 1.29 is 4.79 Å². The van der Waals surface area contributed by atoms with Gasteiger partial charge in [0.15, 0.2) is 0 Å². The maximum atomic E-state index is 13.1. The van der Waals surface area contributed by atoms with Gasteiger partial charge in [0.05, 0.1) is 10.3 Å². The van der Waals surface area contributed by atoms with E-state index in [1.54, 1.807) is 29.3 Å². The van der Waals surface area contributed by atoms with Crippen LogP contribution in [0.25, 0.3) is 15.9 Å². The summed E-state index contributed by atoms with van der Waals surface area (Å²) in [7, 11) is 0. The first kappa shape index (κ1) is 17.4. The predicted octanol–water partition coefficient (Wildman–Crippen LogP) is 4.19. The Balaban J connectivity index is 1.81. The molecule has 4 rings (SSSR count). The first-order chi connectivity index (χ1) is 13.0. The minimum atomic E-state index is -0.153. The third kappa shape index (κ3) is 2.92. The molecular weight excluding hydrogens is 358 g/mol. The van der Waals surface area contributed by atoms with Crippen molar-refractivity contribution in [3.05, 3.63) is 75.0 Å². The van der Waals surface area contributed by atoms with Gasteiger partial charge in [-0.05, 0) is 62.2 Å². The monoisotopic (exact) mass is 377 g/mol. The van der Waals surface area contributed by atoms with E-state index in [9.17, 15) is 9.59 Å². The third-order valence-electron chi connectivity index (χ3n) is 4.79. The van der Waals surface area contributed by atoms with Crippen molar-refractivity contribution in [1.29, 1.82) is 0 Å². The van der Waals surface area contributed by atoms with Gasteiger partial charge in [-0.3, -0.25) is 14.0 Å². The minimum Gasteiger partial charge on any atom is -0.308 e. The maximum Gasteiger partial charge on any atom is 0.268 e. The van der Waals surface area contributed by atoms with Gasteiger partial charge in [0, 0.05) is 18.4 Å². The highest BCUT2D eigenvalue weighted by Gasteiger charge is 2.21. The van der Waals surface area contributed by atoms with Crippen molar-refractivity contribution in [3.8, 4) is 0 Å². The lowest BCUT2D eigenvalue weighted by Crippen LogP contribution is -2.30. The van der Waals surface area contributed by atoms with Crippen LogP contribution in [0.2, 0.25) is 0 Å². The van der Waals surface area contributed by atoms with E-state index in [0.29, 0.717) is 27.3 Å². The van der Waals surface area contributed by atoms with Crippen molar-refractivity contribution in [2.45, 2.75) is 20.8 Å². The lowest BCUT2D eigenvalue weighted by molar-refractivity contribution is 0.0992. The first-order valence-corrected chi connectivity index (χ1v) is 9.61. The number of hydrogen-bond acceptors (Lipinski definition) is 4. The molecule has 4 aromatic rings. The van der Waals surface area contributed by atoms with Crippen LogP contribution in [-0.2, 0) is 0 Å². The standard InChI is InChI=1S/C21H19N3O2S/c1-4-23(15-9-8-13(2)14(3)11-15)21(26)17-12-16-19(27-17)22-18-7-5-6-10-24(18)20(16)25/h5-12H,4H2,1-3H3. The van der Waals surface area contributed by atoms with E-state index < -0.39 is 0 Å². The number of pyridine rings is 1. The van der Waals surface area contributed by atoms with E-state index in [4.69, 9.17) is 0 Å². The summed E-state index contributed by atoms with van der Waals surface area (Å²) in [5.41, 5.74) is 3.62. The summed E-state index contributed by atoms with van der Waals surface area (Å²) in [5, 5.41) is 0.475. The highest BCUT2D eigenvalue weighted by molar-refractivity contribution is 7.20. The zero-order chi connectivity index (χ0) is 19.1. The van der Waals surface area contributed by atoms with Crippen LogP contribution in [0.4, 0.5) is 5.69 Å². The quantitative estimate of drug-likeness (QED) is 0.538. The van der Waals surface area contributed by atoms with Gasteiger partial charge in [0.1, 0.15) is 10.5 Å². The number of anilines is 1. The van der Waals surface area contributed by atoms with Gasteiger partial charge in [0.25, 0.3) is 11.5 Å². The van der Waals surface area contributed by atoms with Crippen LogP contribution in [0.5, 0.6) is 0 Å². The second-order valence-corrected chi connectivity index (χ2v) is 7.52. The van der Waals surface area contributed by atoms with Gasteiger partial charge in [-0.25, -0.2) is 4.98 Å². The Morgan fingerprint density at radius 1 is 1.15 bits per heavy atom. The number of aryl methyl sites for hydroxylation is 2. The molecular formula is C21H19N3O2S. The van der Waals surface area contributed by atoms with Gasteiger partial charge >= 0.3 is 0 Å². The molecule has 27 heavy (non-hydrogen) atoms. The molecule has 0 saturated heterocycles. The normalized spacial score (nSPS) is 11.2. The molecule has 1 amide bonds. The summed E-state index contributed by atoms with van der Waals surface area (Å²) >= 11 is 1.26. The zero-order valence-corrected chi connectivity index (χ0v) is 16.2. The third-order valence-corrected chi connectivity index (χ3v) is 5.81. The van der Waals surface area contributed by atoms with Crippen LogP contribution < -0.4 is 10.5 Å². The molecule has 1 aromatic carbocycles. The van der Waals surface area contributed by atoms with Crippen LogP contribution in [-0.4, -0.2) is 21.8 Å². The Labute approximate surface area is 160 Å². The number of nitrogens with zero attached hydrogens (tertiary/aromatic N) is 3. The number of fused-ring (bicyclic) bond motifs is 2. The van der Waals surface area contributed by atoms with Crippen LogP contribution in [0, 0.1) is 13.8 Å². The highest BCUT2D eigenvalue weighted by atomic mass is 32.1. The topological polar surface area (TPSA) is 54.7 Å². The second-order valence-electron chi connectivity index (χ2n) is 6.49. The fourth-order valence-corrected chi connectivity index (χ4v) is 4.10. The molecule has 0 unspecified atom stereocenters. The Bertz CT molecular complexity index is 1240. The Hall–Kier alpha value is -2.99. The van der Waals surface area contributed by atoms with E-state index in [1.807, 2.05) is 45.0 Å². The Morgan fingerprint density at radius 3 is 2.70 bits per heavy atom.